The van der Waals surface area contributed by atoms with Crippen molar-refractivity contribution >= 4 is 42.8 Å². The van der Waals surface area contributed by atoms with Gasteiger partial charge in [-0.1, -0.05) is 15.9 Å². The largest absolute Gasteiger partial charge is 0.493 e. The molecule has 9 heteroatoms. The number of pyridine rings is 1. The lowest BCUT2D eigenvalue weighted by Crippen LogP contribution is -2.31. The summed E-state index contributed by atoms with van der Waals surface area (Å²) in [6, 6.07) is 11.2. The van der Waals surface area contributed by atoms with Crippen molar-refractivity contribution < 1.29 is 14.2 Å². The van der Waals surface area contributed by atoms with Crippen molar-refractivity contribution in [2.75, 3.05) is 14.2 Å². The number of nitrogens with zero attached hydrogens (tertiary/aromatic N) is 2. The maximum atomic E-state index is 13.5. The van der Waals surface area contributed by atoms with Crippen LogP contribution in [0.5, 0.6) is 17.2 Å². The van der Waals surface area contributed by atoms with Gasteiger partial charge in [-0.05, 0) is 51.8 Å². The van der Waals surface area contributed by atoms with Crippen LogP contribution in [0.15, 0.2) is 55.5 Å². The molecule has 0 saturated heterocycles. The second-order valence-electron chi connectivity index (χ2n) is 6.93. The molecule has 2 aromatic carbocycles. The van der Waals surface area contributed by atoms with Gasteiger partial charge in [0.05, 0.1) is 35.7 Å². The number of halogens is 2. The molecule has 3 aromatic rings. The Labute approximate surface area is 194 Å². The third-order valence-corrected chi connectivity index (χ3v) is 6.39. The Hall–Kier alpha value is -2.96. The summed E-state index contributed by atoms with van der Waals surface area (Å²) in [5.74, 6) is 0.514. The van der Waals surface area contributed by atoms with Crippen LogP contribution in [0.4, 0.5) is 0 Å². The van der Waals surface area contributed by atoms with Crippen LogP contribution in [-0.4, -0.2) is 18.8 Å². The molecule has 0 amide bonds. The van der Waals surface area contributed by atoms with Crippen LogP contribution in [0, 0.1) is 11.3 Å². The first-order valence-electron chi connectivity index (χ1n) is 9.13. The molecule has 158 valence electrons. The molecule has 0 radical (unpaired) electrons. The van der Waals surface area contributed by atoms with E-state index in [0.717, 1.165) is 4.47 Å². The van der Waals surface area contributed by atoms with Crippen molar-refractivity contribution in [2.45, 2.75) is 5.92 Å². The molecule has 2 N–H and O–H groups in total. The van der Waals surface area contributed by atoms with Crippen LogP contribution in [0.1, 0.15) is 17.0 Å². The van der Waals surface area contributed by atoms with Gasteiger partial charge in [0, 0.05) is 16.9 Å². The second-order valence-corrected chi connectivity index (χ2v) is 8.70. The first-order valence-corrected chi connectivity index (χ1v) is 10.7. The average Bonchev–Trinajstić information content (AvgIpc) is 2.75. The molecule has 4 rings (SSSR count). The molecule has 0 bridgehead atoms. The van der Waals surface area contributed by atoms with Gasteiger partial charge >= 0.3 is 0 Å². The third-order valence-electron chi connectivity index (χ3n) is 5.31. The number of nitriles is 1. The Morgan fingerprint density at radius 3 is 2.58 bits per heavy atom. The second kappa shape index (κ2) is 7.94. The lowest BCUT2D eigenvalue weighted by Gasteiger charge is -2.28. The predicted octanol–water partition coefficient (Wildman–Crippen LogP) is 4.30. The van der Waals surface area contributed by atoms with Gasteiger partial charge in [0.25, 0.3) is 5.56 Å². The molecule has 0 spiro atoms. The maximum absolute atomic E-state index is 13.5. The normalized spacial score (nSPS) is 15.3. The molecule has 0 saturated carbocycles. The van der Waals surface area contributed by atoms with E-state index in [1.165, 1.54) is 14.2 Å². The van der Waals surface area contributed by atoms with E-state index < -0.39 is 5.92 Å². The van der Waals surface area contributed by atoms with E-state index in [9.17, 15) is 10.1 Å². The highest BCUT2D eigenvalue weighted by Gasteiger charge is 2.36. The molecule has 1 atom stereocenters. The van der Waals surface area contributed by atoms with Crippen molar-refractivity contribution in [1.29, 1.82) is 5.26 Å². The minimum atomic E-state index is -0.744. The number of aryl methyl sites for hydroxylation is 1. The number of nitrogens with two attached hydrogens (primary N) is 1. The van der Waals surface area contributed by atoms with Crippen LogP contribution in [0.25, 0.3) is 10.9 Å². The quantitative estimate of drug-likeness (QED) is 0.526. The molecular formula is C22H17Br2N3O4. The molecule has 31 heavy (non-hydrogen) atoms. The standard InChI is InChI=1S/C22H17Br2N3O4/c1-27-15-5-4-11(23)8-12(15)19-18(22(27)28)17(13(9-25)21(26)31-19)10-6-14(24)20(30-3)16(7-10)29-2/h4-8,17H,26H2,1-3H3. The lowest BCUT2D eigenvalue weighted by molar-refractivity contribution is 0.352. The number of methoxy groups -OCH3 is 2. The molecule has 1 unspecified atom stereocenters. The van der Waals surface area contributed by atoms with Gasteiger partial charge < -0.3 is 24.5 Å². The Bertz CT molecular complexity index is 1370. The van der Waals surface area contributed by atoms with Gasteiger partial charge in [-0.3, -0.25) is 4.79 Å². The first-order chi connectivity index (χ1) is 14.8. The van der Waals surface area contributed by atoms with E-state index >= 15 is 0 Å². The lowest BCUT2D eigenvalue weighted by atomic mass is 9.83. The summed E-state index contributed by atoms with van der Waals surface area (Å²) in [6.45, 7) is 0. The number of ether oxygens (including phenoxy) is 3. The summed E-state index contributed by atoms with van der Waals surface area (Å²) < 4.78 is 19.7. The highest BCUT2D eigenvalue weighted by Crippen LogP contribution is 2.47. The number of rotatable bonds is 3. The fourth-order valence-corrected chi connectivity index (χ4v) is 4.87. The SMILES string of the molecule is COc1cc(C2C(C#N)=C(N)Oc3c2c(=O)n(C)c2ccc(Br)cc32)cc(Br)c1OC. The number of benzene rings is 2. The average molecular weight is 547 g/mol. The molecule has 2 heterocycles. The van der Waals surface area contributed by atoms with Gasteiger partial charge in [0.2, 0.25) is 5.88 Å². The van der Waals surface area contributed by atoms with Crippen molar-refractivity contribution in [3.05, 3.63) is 72.2 Å². The van der Waals surface area contributed by atoms with Gasteiger partial charge in [0.15, 0.2) is 11.5 Å². The molecule has 1 aliphatic rings. The summed E-state index contributed by atoms with van der Waals surface area (Å²) in [5.41, 5.74) is 7.69. The highest BCUT2D eigenvalue weighted by molar-refractivity contribution is 9.10. The van der Waals surface area contributed by atoms with Crippen molar-refractivity contribution in [1.82, 2.24) is 4.57 Å². The Morgan fingerprint density at radius 1 is 1.19 bits per heavy atom. The van der Waals surface area contributed by atoms with Crippen LogP contribution in [-0.2, 0) is 7.05 Å². The Balaban J connectivity index is 2.12. The highest BCUT2D eigenvalue weighted by atomic mass is 79.9. The van der Waals surface area contributed by atoms with E-state index in [2.05, 4.69) is 37.9 Å². The molecular weight excluding hydrogens is 530 g/mol. The molecule has 1 aliphatic heterocycles. The van der Waals surface area contributed by atoms with Crippen LogP contribution in [0.3, 0.4) is 0 Å². The third kappa shape index (κ3) is 3.27. The monoisotopic (exact) mass is 545 g/mol. The number of hydrogen-bond acceptors (Lipinski definition) is 6. The van der Waals surface area contributed by atoms with E-state index in [-0.39, 0.29) is 17.0 Å². The van der Waals surface area contributed by atoms with Crippen molar-refractivity contribution in [2.24, 2.45) is 12.8 Å². The molecule has 7 nitrogen and oxygen atoms in total. The van der Waals surface area contributed by atoms with E-state index in [1.54, 1.807) is 23.7 Å². The van der Waals surface area contributed by atoms with Crippen LogP contribution < -0.4 is 25.5 Å². The smallest absolute Gasteiger partial charge is 0.258 e. The minimum absolute atomic E-state index is 0.0413. The summed E-state index contributed by atoms with van der Waals surface area (Å²) in [5, 5.41) is 10.6. The Kier molecular flexibility index (Phi) is 5.45. The summed E-state index contributed by atoms with van der Waals surface area (Å²) in [7, 11) is 4.74. The van der Waals surface area contributed by atoms with E-state index in [4.69, 9.17) is 19.9 Å². The molecule has 0 fully saturated rings. The molecule has 0 aliphatic carbocycles. The number of aromatic nitrogens is 1. The zero-order chi connectivity index (χ0) is 22.4. The van der Waals surface area contributed by atoms with Crippen LogP contribution in [0.2, 0.25) is 0 Å². The number of hydrogen-bond donors (Lipinski definition) is 1. The topological polar surface area (TPSA) is 99.5 Å². The van der Waals surface area contributed by atoms with Crippen molar-refractivity contribution in [3.8, 4) is 23.3 Å². The van der Waals surface area contributed by atoms with E-state index in [1.807, 2.05) is 18.2 Å². The number of allylic oxidation sites excluding steroid dienone is 1. The first kappa shape index (κ1) is 21.3. The summed E-state index contributed by atoms with van der Waals surface area (Å²) in [4.78, 5) is 13.5. The zero-order valence-corrected chi connectivity index (χ0v) is 20.0. The zero-order valence-electron chi connectivity index (χ0n) is 16.8. The van der Waals surface area contributed by atoms with Gasteiger partial charge in [-0.25, -0.2) is 0 Å². The van der Waals surface area contributed by atoms with Gasteiger partial charge in [-0.15, -0.1) is 0 Å². The fraction of sp³-hybridized carbons (Fsp3) is 0.182. The fourth-order valence-electron chi connectivity index (χ4n) is 3.89. The predicted molar refractivity (Wildman–Crippen MR) is 123 cm³/mol. The molecule has 1 aromatic heterocycles. The Morgan fingerprint density at radius 2 is 1.94 bits per heavy atom. The maximum Gasteiger partial charge on any atom is 0.258 e. The van der Waals surface area contributed by atoms with E-state index in [0.29, 0.717) is 43.8 Å². The van der Waals surface area contributed by atoms with Gasteiger partial charge in [0.1, 0.15) is 17.4 Å². The van der Waals surface area contributed by atoms with Crippen LogP contribution >= 0.6 is 31.9 Å². The summed E-state index contributed by atoms with van der Waals surface area (Å²) in [6.07, 6.45) is 0. The number of fused-ring (bicyclic) bond motifs is 3. The van der Waals surface area contributed by atoms with Crippen molar-refractivity contribution in [3.63, 3.8) is 0 Å². The summed E-state index contributed by atoms with van der Waals surface area (Å²) >= 11 is 6.96. The van der Waals surface area contributed by atoms with Gasteiger partial charge in [-0.2, -0.15) is 5.26 Å². The minimum Gasteiger partial charge on any atom is -0.493 e.